The Labute approximate surface area is 165 Å². The van der Waals surface area contributed by atoms with E-state index in [1.807, 2.05) is 37.3 Å². The van der Waals surface area contributed by atoms with Gasteiger partial charge in [-0.1, -0.05) is 49.4 Å². The molecule has 0 heterocycles. The molecule has 0 spiro atoms. The van der Waals surface area contributed by atoms with Crippen LogP contribution in [-0.2, 0) is 16.4 Å². The molecule has 3 aromatic rings. The van der Waals surface area contributed by atoms with Gasteiger partial charge < -0.3 is 5.32 Å². The standard InChI is InChI=1S/C22H22N2O3S/c1-3-17-10-7-8-15-21(17)23-22(25)18-11-9-14-20(16-18)28(26,27)24(2)19-12-5-4-6-13-19/h4-16H,3H2,1-2H3,(H,23,25). The topological polar surface area (TPSA) is 66.5 Å². The molecule has 6 heteroatoms. The Morgan fingerprint density at radius 3 is 2.32 bits per heavy atom. The van der Waals surface area contributed by atoms with Gasteiger partial charge in [-0.3, -0.25) is 9.10 Å². The van der Waals surface area contributed by atoms with Gasteiger partial charge in [-0.05, 0) is 48.4 Å². The third kappa shape index (κ3) is 4.07. The highest BCUT2D eigenvalue weighted by atomic mass is 32.2. The Bertz CT molecular complexity index is 1080. The van der Waals surface area contributed by atoms with Gasteiger partial charge in [0.05, 0.1) is 10.6 Å². The average Bonchev–Trinajstić information content (AvgIpc) is 2.74. The van der Waals surface area contributed by atoms with Crippen LogP contribution in [0.1, 0.15) is 22.8 Å². The van der Waals surface area contributed by atoms with Gasteiger partial charge in [-0.25, -0.2) is 8.42 Å². The molecule has 1 amide bonds. The monoisotopic (exact) mass is 394 g/mol. The number of amides is 1. The maximum absolute atomic E-state index is 13.0. The summed E-state index contributed by atoms with van der Waals surface area (Å²) in [5.74, 6) is -0.347. The summed E-state index contributed by atoms with van der Waals surface area (Å²) >= 11 is 0. The van der Waals surface area contributed by atoms with Crippen LogP contribution >= 0.6 is 0 Å². The van der Waals surface area contributed by atoms with Gasteiger partial charge >= 0.3 is 0 Å². The predicted molar refractivity (Wildman–Crippen MR) is 112 cm³/mol. The molecule has 0 aliphatic rings. The molecule has 3 rings (SSSR count). The summed E-state index contributed by atoms with van der Waals surface area (Å²) in [6, 6.07) is 22.4. The van der Waals surface area contributed by atoms with Crippen molar-refractivity contribution in [2.75, 3.05) is 16.7 Å². The first-order valence-corrected chi connectivity index (χ1v) is 10.4. The number of sulfonamides is 1. The first kappa shape index (κ1) is 19.6. The fraction of sp³-hybridized carbons (Fsp3) is 0.136. The second-order valence-electron chi connectivity index (χ2n) is 6.30. The molecular weight excluding hydrogens is 372 g/mol. The van der Waals surface area contributed by atoms with E-state index in [0.29, 0.717) is 5.69 Å². The summed E-state index contributed by atoms with van der Waals surface area (Å²) in [5, 5.41) is 2.87. The number of carbonyl (C=O) groups excluding carboxylic acids is 1. The van der Waals surface area contributed by atoms with Crippen LogP contribution in [0.15, 0.2) is 83.8 Å². The van der Waals surface area contributed by atoms with Gasteiger partial charge in [-0.15, -0.1) is 0 Å². The highest BCUT2D eigenvalue weighted by molar-refractivity contribution is 7.92. The number of nitrogens with zero attached hydrogens (tertiary/aromatic N) is 1. The zero-order valence-electron chi connectivity index (χ0n) is 15.8. The van der Waals surface area contributed by atoms with Crippen molar-refractivity contribution in [2.24, 2.45) is 0 Å². The van der Waals surface area contributed by atoms with Crippen molar-refractivity contribution in [1.82, 2.24) is 0 Å². The Morgan fingerprint density at radius 2 is 1.61 bits per heavy atom. The highest BCUT2D eigenvalue weighted by Crippen LogP contribution is 2.23. The highest BCUT2D eigenvalue weighted by Gasteiger charge is 2.22. The lowest BCUT2D eigenvalue weighted by Crippen LogP contribution is -2.26. The van der Waals surface area contributed by atoms with Gasteiger partial charge in [-0.2, -0.15) is 0 Å². The van der Waals surface area contributed by atoms with Crippen LogP contribution in [0.4, 0.5) is 11.4 Å². The van der Waals surface area contributed by atoms with Crippen molar-refractivity contribution in [3.63, 3.8) is 0 Å². The van der Waals surface area contributed by atoms with Crippen LogP contribution in [0.5, 0.6) is 0 Å². The maximum atomic E-state index is 13.0. The fourth-order valence-electron chi connectivity index (χ4n) is 2.88. The molecule has 5 nitrogen and oxygen atoms in total. The minimum absolute atomic E-state index is 0.0651. The summed E-state index contributed by atoms with van der Waals surface area (Å²) in [6.45, 7) is 2.01. The number of hydrogen-bond acceptors (Lipinski definition) is 3. The van der Waals surface area contributed by atoms with Crippen LogP contribution in [0.25, 0.3) is 0 Å². The molecule has 0 aliphatic carbocycles. The Balaban J connectivity index is 1.88. The maximum Gasteiger partial charge on any atom is 0.264 e. The normalized spacial score (nSPS) is 11.1. The first-order valence-electron chi connectivity index (χ1n) is 8.97. The van der Waals surface area contributed by atoms with Crippen molar-refractivity contribution >= 4 is 27.3 Å². The molecule has 0 aromatic heterocycles. The minimum Gasteiger partial charge on any atom is -0.322 e. The van der Waals surface area contributed by atoms with Crippen molar-refractivity contribution in [1.29, 1.82) is 0 Å². The molecule has 0 saturated carbocycles. The first-order chi connectivity index (χ1) is 13.4. The SMILES string of the molecule is CCc1ccccc1NC(=O)c1cccc(S(=O)(=O)N(C)c2ccccc2)c1. The summed E-state index contributed by atoms with van der Waals surface area (Å²) in [5.41, 5.74) is 2.58. The molecule has 144 valence electrons. The zero-order valence-corrected chi connectivity index (χ0v) is 16.6. The van der Waals surface area contributed by atoms with E-state index in [0.717, 1.165) is 17.7 Å². The lowest BCUT2D eigenvalue weighted by molar-refractivity contribution is 0.102. The van der Waals surface area contributed by atoms with Crippen LogP contribution in [0.2, 0.25) is 0 Å². The van der Waals surface area contributed by atoms with Crippen molar-refractivity contribution in [2.45, 2.75) is 18.2 Å². The van der Waals surface area contributed by atoms with Crippen molar-refractivity contribution < 1.29 is 13.2 Å². The second kappa shape index (κ2) is 8.27. The number of anilines is 2. The molecule has 0 aliphatic heterocycles. The molecular formula is C22H22N2O3S. The lowest BCUT2D eigenvalue weighted by atomic mass is 10.1. The molecule has 1 N–H and O–H groups in total. The summed E-state index contributed by atoms with van der Waals surface area (Å²) in [7, 11) is -2.29. The van der Waals surface area contributed by atoms with E-state index in [1.165, 1.54) is 23.5 Å². The van der Waals surface area contributed by atoms with E-state index in [2.05, 4.69) is 5.32 Å². The van der Waals surface area contributed by atoms with Crippen LogP contribution in [0, 0.1) is 0 Å². The number of rotatable bonds is 6. The van der Waals surface area contributed by atoms with Crippen LogP contribution in [-0.4, -0.2) is 21.4 Å². The quantitative estimate of drug-likeness (QED) is 0.677. The Hall–Kier alpha value is -3.12. The van der Waals surface area contributed by atoms with Crippen LogP contribution in [0.3, 0.4) is 0 Å². The van der Waals surface area contributed by atoms with Crippen LogP contribution < -0.4 is 9.62 Å². The number of benzene rings is 3. The molecule has 0 saturated heterocycles. The number of carbonyl (C=O) groups is 1. The number of hydrogen-bond donors (Lipinski definition) is 1. The number of aryl methyl sites for hydroxylation is 1. The van der Waals surface area contributed by atoms with E-state index >= 15 is 0 Å². The van der Waals surface area contributed by atoms with Gasteiger partial charge in [0.25, 0.3) is 15.9 Å². The summed E-state index contributed by atoms with van der Waals surface area (Å²) in [4.78, 5) is 12.7. The smallest absolute Gasteiger partial charge is 0.264 e. The summed E-state index contributed by atoms with van der Waals surface area (Å²) < 4.78 is 27.1. The molecule has 0 fully saturated rings. The molecule has 0 radical (unpaired) electrons. The zero-order chi connectivity index (χ0) is 20.1. The van der Waals surface area contributed by atoms with Gasteiger partial charge in [0, 0.05) is 18.3 Å². The van der Waals surface area contributed by atoms with Crippen molar-refractivity contribution in [3.8, 4) is 0 Å². The summed E-state index contributed by atoms with van der Waals surface area (Å²) in [6.07, 6.45) is 0.784. The van der Waals surface area contributed by atoms with E-state index in [9.17, 15) is 13.2 Å². The predicted octanol–water partition coefficient (Wildman–Crippen LogP) is 4.33. The number of nitrogens with one attached hydrogen (secondary N) is 1. The molecule has 28 heavy (non-hydrogen) atoms. The number of para-hydroxylation sites is 2. The van der Waals surface area contributed by atoms with Gasteiger partial charge in [0.2, 0.25) is 0 Å². The third-order valence-electron chi connectivity index (χ3n) is 4.52. The third-order valence-corrected chi connectivity index (χ3v) is 6.30. The minimum atomic E-state index is -3.78. The van der Waals surface area contributed by atoms with E-state index in [-0.39, 0.29) is 16.4 Å². The second-order valence-corrected chi connectivity index (χ2v) is 8.27. The van der Waals surface area contributed by atoms with Gasteiger partial charge in [0.15, 0.2) is 0 Å². The Morgan fingerprint density at radius 1 is 0.929 bits per heavy atom. The Kier molecular flexibility index (Phi) is 5.80. The van der Waals surface area contributed by atoms with E-state index in [1.54, 1.807) is 36.4 Å². The lowest BCUT2D eigenvalue weighted by Gasteiger charge is -2.19. The van der Waals surface area contributed by atoms with Gasteiger partial charge in [0.1, 0.15) is 0 Å². The van der Waals surface area contributed by atoms with E-state index in [4.69, 9.17) is 0 Å². The van der Waals surface area contributed by atoms with E-state index < -0.39 is 10.0 Å². The largest absolute Gasteiger partial charge is 0.322 e. The molecule has 0 atom stereocenters. The average molecular weight is 394 g/mol. The molecule has 3 aromatic carbocycles. The molecule has 0 bridgehead atoms. The van der Waals surface area contributed by atoms with Crippen molar-refractivity contribution in [3.05, 3.63) is 90.0 Å². The fourth-order valence-corrected chi connectivity index (χ4v) is 4.12. The molecule has 0 unspecified atom stereocenters.